The first kappa shape index (κ1) is 19.0. The highest BCUT2D eigenvalue weighted by molar-refractivity contribution is 6.43. The van der Waals surface area contributed by atoms with E-state index in [0.29, 0.717) is 0 Å². The van der Waals surface area contributed by atoms with Crippen molar-refractivity contribution in [2.24, 2.45) is 0 Å². The Balaban J connectivity index is 2.45. The Morgan fingerprint density at radius 1 is 1.17 bits per heavy atom. The maximum absolute atomic E-state index is 11.8. The van der Waals surface area contributed by atoms with Gasteiger partial charge in [0.05, 0.1) is 15.6 Å². The van der Waals surface area contributed by atoms with Crippen molar-refractivity contribution in [3.05, 3.63) is 33.8 Å². The van der Waals surface area contributed by atoms with E-state index in [-0.39, 0.29) is 15.6 Å². The number of halogens is 5. The third kappa shape index (κ3) is 6.74. The van der Waals surface area contributed by atoms with E-state index >= 15 is 0 Å². The molecule has 0 heterocycles. The molecule has 126 valence electrons. The van der Waals surface area contributed by atoms with Crippen LogP contribution in [0.3, 0.4) is 0 Å². The number of rotatable bonds is 4. The van der Waals surface area contributed by atoms with Crippen molar-refractivity contribution in [2.45, 2.75) is 6.18 Å². The molecule has 11 heteroatoms. The van der Waals surface area contributed by atoms with Gasteiger partial charge in [-0.15, -0.1) is 0 Å². The second-order valence-corrected chi connectivity index (χ2v) is 4.81. The zero-order chi connectivity index (χ0) is 17.6. The van der Waals surface area contributed by atoms with E-state index in [9.17, 15) is 27.6 Å². The number of amides is 3. The Kier molecular flexibility index (Phi) is 6.64. The number of hydrogen-bond donors (Lipinski definition) is 2. The molecule has 6 nitrogen and oxygen atoms in total. The number of imide groups is 1. The minimum atomic E-state index is -4.61. The standard InChI is InChI=1S/C12H9Cl2F3N2O4/c13-7-3-1-2-6(9(7)14)10(21)23-4-8(20)19-11(22)18-5-12(15,16)17/h1-3H,4-5H2,(H2,18,19,20,22). The Morgan fingerprint density at radius 3 is 2.43 bits per heavy atom. The number of ether oxygens (including phenoxy) is 1. The second-order valence-electron chi connectivity index (χ2n) is 4.02. The zero-order valence-corrected chi connectivity index (χ0v) is 12.7. The number of esters is 1. The number of benzene rings is 1. The quantitative estimate of drug-likeness (QED) is 0.795. The van der Waals surface area contributed by atoms with Crippen LogP contribution in [0.25, 0.3) is 0 Å². The molecule has 1 aromatic carbocycles. The minimum Gasteiger partial charge on any atom is -0.452 e. The van der Waals surface area contributed by atoms with Crippen molar-refractivity contribution in [3.63, 3.8) is 0 Å². The van der Waals surface area contributed by atoms with Gasteiger partial charge in [-0.1, -0.05) is 29.3 Å². The fourth-order valence-electron chi connectivity index (χ4n) is 1.26. The van der Waals surface area contributed by atoms with E-state index in [1.807, 2.05) is 0 Å². The highest BCUT2D eigenvalue weighted by Crippen LogP contribution is 2.25. The van der Waals surface area contributed by atoms with Crippen molar-refractivity contribution in [1.82, 2.24) is 10.6 Å². The van der Waals surface area contributed by atoms with Crippen LogP contribution in [0, 0.1) is 0 Å². The van der Waals surface area contributed by atoms with Crippen molar-refractivity contribution in [2.75, 3.05) is 13.2 Å². The third-order valence-electron chi connectivity index (χ3n) is 2.21. The summed E-state index contributed by atoms with van der Waals surface area (Å²) in [7, 11) is 0. The lowest BCUT2D eigenvalue weighted by molar-refractivity contribution is -0.125. The van der Waals surface area contributed by atoms with Gasteiger partial charge in [0.15, 0.2) is 6.61 Å². The maximum atomic E-state index is 11.8. The van der Waals surface area contributed by atoms with Gasteiger partial charge in [0, 0.05) is 0 Å². The van der Waals surface area contributed by atoms with Crippen LogP contribution in [0.1, 0.15) is 10.4 Å². The Hall–Kier alpha value is -2.00. The van der Waals surface area contributed by atoms with Crippen molar-refractivity contribution >= 4 is 41.1 Å². The van der Waals surface area contributed by atoms with Crippen molar-refractivity contribution < 1.29 is 32.3 Å². The highest BCUT2D eigenvalue weighted by atomic mass is 35.5. The van der Waals surface area contributed by atoms with E-state index < -0.39 is 37.2 Å². The Morgan fingerprint density at radius 2 is 1.83 bits per heavy atom. The molecule has 1 rings (SSSR count). The molecule has 0 unspecified atom stereocenters. The summed E-state index contributed by atoms with van der Waals surface area (Å²) >= 11 is 11.5. The summed E-state index contributed by atoms with van der Waals surface area (Å²) in [6.07, 6.45) is -4.61. The summed E-state index contributed by atoms with van der Waals surface area (Å²) in [5, 5.41) is 2.99. The molecule has 0 saturated heterocycles. The van der Waals surface area contributed by atoms with E-state index in [0.717, 1.165) is 0 Å². The van der Waals surface area contributed by atoms with E-state index in [2.05, 4.69) is 4.74 Å². The highest BCUT2D eigenvalue weighted by Gasteiger charge is 2.28. The first-order chi connectivity index (χ1) is 10.6. The molecular formula is C12H9Cl2F3N2O4. The lowest BCUT2D eigenvalue weighted by atomic mass is 10.2. The summed E-state index contributed by atoms with van der Waals surface area (Å²) < 4.78 is 40.1. The van der Waals surface area contributed by atoms with Crippen LogP contribution in [0.15, 0.2) is 18.2 Å². The van der Waals surface area contributed by atoms with Gasteiger partial charge in [-0.25, -0.2) is 9.59 Å². The maximum Gasteiger partial charge on any atom is 0.405 e. The fourth-order valence-corrected chi connectivity index (χ4v) is 1.64. The molecule has 0 radical (unpaired) electrons. The van der Waals surface area contributed by atoms with Gasteiger partial charge >= 0.3 is 18.2 Å². The van der Waals surface area contributed by atoms with Gasteiger partial charge in [0.25, 0.3) is 5.91 Å². The number of carbonyl (C=O) groups is 3. The van der Waals surface area contributed by atoms with Crippen LogP contribution in [0.5, 0.6) is 0 Å². The minimum absolute atomic E-state index is 0.0810. The van der Waals surface area contributed by atoms with Gasteiger partial charge < -0.3 is 10.1 Å². The van der Waals surface area contributed by atoms with Crippen LogP contribution in [0.4, 0.5) is 18.0 Å². The molecule has 0 spiro atoms. The van der Waals surface area contributed by atoms with E-state index in [1.165, 1.54) is 23.5 Å². The molecule has 0 fully saturated rings. The number of nitrogens with one attached hydrogen (secondary N) is 2. The van der Waals surface area contributed by atoms with Gasteiger partial charge in [0.1, 0.15) is 6.54 Å². The molecule has 0 aliphatic rings. The fraction of sp³-hybridized carbons (Fsp3) is 0.250. The number of hydrogen-bond acceptors (Lipinski definition) is 4. The average Bonchev–Trinajstić information content (AvgIpc) is 2.45. The second kappa shape index (κ2) is 8.02. The van der Waals surface area contributed by atoms with Gasteiger partial charge in [-0.05, 0) is 12.1 Å². The number of alkyl halides is 3. The number of carbonyl (C=O) groups excluding carboxylic acids is 3. The van der Waals surface area contributed by atoms with Crippen LogP contribution < -0.4 is 10.6 Å². The third-order valence-corrected chi connectivity index (χ3v) is 3.03. The molecule has 0 saturated carbocycles. The summed E-state index contributed by atoms with van der Waals surface area (Å²) in [5.41, 5.74) is -0.103. The van der Waals surface area contributed by atoms with Gasteiger partial charge in [-0.3, -0.25) is 10.1 Å². The van der Waals surface area contributed by atoms with Crippen molar-refractivity contribution in [1.29, 1.82) is 0 Å². The predicted octanol–water partition coefficient (Wildman–Crippen LogP) is 2.54. The zero-order valence-electron chi connectivity index (χ0n) is 11.2. The van der Waals surface area contributed by atoms with E-state index in [1.54, 1.807) is 5.32 Å². The van der Waals surface area contributed by atoms with Crippen LogP contribution in [-0.2, 0) is 9.53 Å². The molecule has 0 atom stereocenters. The van der Waals surface area contributed by atoms with E-state index in [4.69, 9.17) is 23.2 Å². The van der Waals surface area contributed by atoms with Gasteiger partial charge in [0.2, 0.25) is 0 Å². The van der Waals surface area contributed by atoms with Crippen LogP contribution in [-0.4, -0.2) is 37.2 Å². The molecule has 1 aromatic rings. The topological polar surface area (TPSA) is 84.5 Å². The molecular weight excluding hydrogens is 364 g/mol. The molecule has 0 aromatic heterocycles. The lowest BCUT2D eigenvalue weighted by Crippen LogP contribution is -2.44. The monoisotopic (exact) mass is 372 g/mol. The SMILES string of the molecule is O=C(COC(=O)c1cccc(Cl)c1Cl)NC(=O)NCC(F)(F)F. The summed E-state index contributed by atoms with van der Waals surface area (Å²) in [5.74, 6) is -2.10. The Bertz CT molecular complexity index is 623. The molecule has 0 aliphatic carbocycles. The first-order valence-electron chi connectivity index (χ1n) is 5.85. The molecule has 0 bridgehead atoms. The average molecular weight is 373 g/mol. The smallest absolute Gasteiger partial charge is 0.405 e. The lowest BCUT2D eigenvalue weighted by Gasteiger charge is -2.09. The molecule has 3 amide bonds. The normalized spacial score (nSPS) is 10.8. The summed E-state index contributed by atoms with van der Waals surface area (Å²) in [6, 6.07) is 2.78. The molecule has 0 aliphatic heterocycles. The number of urea groups is 1. The largest absolute Gasteiger partial charge is 0.452 e. The summed E-state index contributed by atoms with van der Waals surface area (Å²) in [6.45, 7) is -2.49. The first-order valence-corrected chi connectivity index (χ1v) is 6.61. The van der Waals surface area contributed by atoms with Crippen molar-refractivity contribution in [3.8, 4) is 0 Å². The van der Waals surface area contributed by atoms with Gasteiger partial charge in [-0.2, -0.15) is 13.2 Å². The molecule has 2 N–H and O–H groups in total. The molecule has 23 heavy (non-hydrogen) atoms. The predicted molar refractivity (Wildman–Crippen MR) is 74.3 cm³/mol. The Labute approximate surface area is 137 Å². The summed E-state index contributed by atoms with van der Waals surface area (Å²) in [4.78, 5) is 33.9. The van der Waals surface area contributed by atoms with Crippen LogP contribution in [0.2, 0.25) is 10.0 Å². The van der Waals surface area contributed by atoms with Crippen LogP contribution >= 0.6 is 23.2 Å².